The van der Waals surface area contributed by atoms with Crippen molar-refractivity contribution in [2.75, 3.05) is 19.0 Å². The van der Waals surface area contributed by atoms with E-state index in [1.165, 1.54) is 17.1 Å². The largest absolute Gasteiger partial charge is 0.347 e. The zero-order chi connectivity index (χ0) is 10.8. The van der Waals surface area contributed by atoms with Gasteiger partial charge in [-0.05, 0) is 24.0 Å². The molecule has 2 aromatic rings. The van der Waals surface area contributed by atoms with Gasteiger partial charge in [0.25, 0.3) is 0 Å². The van der Waals surface area contributed by atoms with E-state index in [0.29, 0.717) is 0 Å². The molecule has 5 heteroatoms. The highest BCUT2D eigenvalue weighted by molar-refractivity contribution is 7.09. The Morgan fingerprint density at radius 2 is 1.80 bits per heavy atom. The second kappa shape index (κ2) is 3.94. The van der Waals surface area contributed by atoms with Crippen molar-refractivity contribution in [3.05, 3.63) is 24.2 Å². The third-order valence-electron chi connectivity index (χ3n) is 2.05. The predicted molar refractivity (Wildman–Crippen MR) is 62.2 cm³/mol. The molecule has 4 nitrogen and oxygen atoms in total. The molecule has 0 N–H and O–H groups in total. The Labute approximate surface area is 92.8 Å². The van der Waals surface area contributed by atoms with E-state index in [1.54, 1.807) is 0 Å². The van der Waals surface area contributed by atoms with Crippen molar-refractivity contribution in [2.24, 2.45) is 0 Å². The van der Waals surface area contributed by atoms with Gasteiger partial charge in [-0.1, -0.05) is 0 Å². The molecule has 15 heavy (non-hydrogen) atoms. The van der Waals surface area contributed by atoms with Gasteiger partial charge in [-0.15, -0.1) is 0 Å². The predicted octanol–water partition coefficient (Wildman–Crippen LogP) is 1.97. The molecular weight excluding hydrogens is 208 g/mol. The molecule has 0 spiro atoms. The number of anilines is 1. The monoisotopic (exact) mass is 220 g/mol. The molecule has 0 saturated heterocycles. The van der Waals surface area contributed by atoms with Crippen LogP contribution in [0.5, 0.6) is 0 Å². The van der Waals surface area contributed by atoms with Gasteiger partial charge in [-0.25, -0.2) is 14.3 Å². The van der Waals surface area contributed by atoms with Crippen LogP contribution in [0.1, 0.15) is 5.56 Å². The minimum absolute atomic E-state index is 0.723. The third kappa shape index (κ3) is 1.97. The Morgan fingerprint density at radius 1 is 1.13 bits per heavy atom. The number of hydrogen-bond donors (Lipinski definition) is 0. The van der Waals surface area contributed by atoms with Gasteiger partial charge in [0.15, 0.2) is 0 Å². The van der Waals surface area contributed by atoms with Crippen LogP contribution >= 0.6 is 11.5 Å². The summed E-state index contributed by atoms with van der Waals surface area (Å²) in [4.78, 5) is 11.6. The van der Waals surface area contributed by atoms with Gasteiger partial charge in [0, 0.05) is 38.2 Å². The molecule has 0 aliphatic rings. The van der Waals surface area contributed by atoms with Crippen molar-refractivity contribution >= 4 is 17.5 Å². The first-order valence-corrected chi connectivity index (χ1v) is 5.37. The zero-order valence-corrected chi connectivity index (χ0v) is 9.75. The van der Waals surface area contributed by atoms with E-state index in [2.05, 4.69) is 14.3 Å². The van der Waals surface area contributed by atoms with Crippen molar-refractivity contribution < 1.29 is 0 Å². The molecule has 78 valence electrons. The lowest BCUT2D eigenvalue weighted by Crippen LogP contribution is -2.12. The van der Waals surface area contributed by atoms with Crippen LogP contribution in [0, 0.1) is 6.92 Å². The SMILES string of the molecule is Cc1cnsc1-c1cnc(N(C)C)nc1. The Kier molecular flexibility index (Phi) is 2.64. The maximum atomic E-state index is 4.27. The number of aromatic nitrogens is 3. The zero-order valence-electron chi connectivity index (χ0n) is 8.93. The van der Waals surface area contributed by atoms with E-state index in [4.69, 9.17) is 0 Å². The van der Waals surface area contributed by atoms with Gasteiger partial charge in [0.05, 0.1) is 4.88 Å². The second-order valence-electron chi connectivity index (χ2n) is 3.50. The van der Waals surface area contributed by atoms with Gasteiger partial charge in [0.1, 0.15) is 0 Å². The molecule has 0 radical (unpaired) electrons. The molecule has 0 bridgehead atoms. The van der Waals surface area contributed by atoms with Crippen LogP contribution in [0.4, 0.5) is 5.95 Å². The summed E-state index contributed by atoms with van der Waals surface area (Å²) < 4.78 is 4.13. The molecule has 2 aromatic heterocycles. The minimum Gasteiger partial charge on any atom is -0.347 e. The highest BCUT2D eigenvalue weighted by Crippen LogP contribution is 2.26. The molecule has 0 aromatic carbocycles. The first kappa shape index (κ1) is 10.0. The van der Waals surface area contributed by atoms with E-state index in [1.807, 2.05) is 44.5 Å². The molecule has 2 heterocycles. The van der Waals surface area contributed by atoms with Crippen LogP contribution in [0.2, 0.25) is 0 Å². The van der Waals surface area contributed by atoms with Crippen molar-refractivity contribution in [2.45, 2.75) is 6.92 Å². The van der Waals surface area contributed by atoms with Crippen molar-refractivity contribution in [1.82, 2.24) is 14.3 Å². The summed E-state index contributed by atoms with van der Waals surface area (Å²) in [5, 5.41) is 0. The fraction of sp³-hybridized carbons (Fsp3) is 0.300. The maximum absolute atomic E-state index is 4.27. The quantitative estimate of drug-likeness (QED) is 0.776. The van der Waals surface area contributed by atoms with Gasteiger partial charge in [-0.2, -0.15) is 0 Å². The van der Waals surface area contributed by atoms with Crippen LogP contribution in [0.3, 0.4) is 0 Å². The topological polar surface area (TPSA) is 41.9 Å². The smallest absolute Gasteiger partial charge is 0.224 e. The molecule has 0 aliphatic carbocycles. The summed E-state index contributed by atoms with van der Waals surface area (Å²) in [6.07, 6.45) is 5.53. The first-order chi connectivity index (χ1) is 7.18. The average molecular weight is 220 g/mol. The minimum atomic E-state index is 0.723. The van der Waals surface area contributed by atoms with Gasteiger partial charge >= 0.3 is 0 Å². The van der Waals surface area contributed by atoms with Crippen LogP contribution in [0.25, 0.3) is 10.4 Å². The van der Waals surface area contributed by atoms with Gasteiger partial charge in [-0.3, -0.25) is 0 Å². The van der Waals surface area contributed by atoms with Crippen molar-refractivity contribution in [3.63, 3.8) is 0 Å². The van der Waals surface area contributed by atoms with Crippen molar-refractivity contribution in [1.29, 1.82) is 0 Å². The highest BCUT2D eigenvalue weighted by atomic mass is 32.1. The Bertz CT molecular complexity index is 447. The summed E-state index contributed by atoms with van der Waals surface area (Å²) in [7, 11) is 3.85. The molecule has 0 atom stereocenters. The summed E-state index contributed by atoms with van der Waals surface area (Å²) in [5.41, 5.74) is 2.20. The maximum Gasteiger partial charge on any atom is 0.224 e. The Hall–Kier alpha value is -1.49. The molecular formula is C10H12N4S. The normalized spacial score (nSPS) is 10.3. The molecule has 0 amide bonds. The first-order valence-electron chi connectivity index (χ1n) is 4.59. The number of aryl methyl sites for hydroxylation is 1. The van der Waals surface area contributed by atoms with E-state index >= 15 is 0 Å². The lowest BCUT2D eigenvalue weighted by Gasteiger charge is -2.09. The third-order valence-corrected chi connectivity index (χ3v) is 3.00. The van der Waals surface area contributed by atoms with Crippen LogP contribution < -0.4 is 4.90 Å². The van der Waals surface area contributed by atoms with E-state index < -0.39 is 0 Å². The summed E-state index contributed by atoms with van der Waals surface area (Å²) in [5.74, 6) is 0.723. The lowest BCUT2D eigenvalue weighted by molar-refractivity contribution is 1.00. The summed E-state index contributed by atoms with van der Waals surface area (Å²) >= 11 is 1.47. The number of rotatable bonds is 2. The standard InChI is InChI=1S/C10H12N4S/c1-7-4-13-15-9(7)8-5-11-10(12-6-8)14(2)3/h4-6H,1-3H3. The van der Waals surface area contributed by atoms with Crippen molar-refractivity contribution in [3.8, 4) is 10.4 Å². The summed E-state index contributed by atoms with van der Waals surface area (Å²) in [6.45, 7) is 2.04. The Morgan fingerprint density at radius 3 is 2.27 bits per heavy atom. The van der Waals surface area contributed by atoms with Crippen LogP contribution in [-0.2, 0) is 0 Å². The highest BCUT2D eigenvalue weighted by Gasteiger charge is 2.06. The fourth-order valence-electron chi connectivity index (χ4n) is 1.24. The fourth-order valence-corrected chi connectivity index (χ4v) is 1.96. The van der Waals surface area contributed by atoms with E-state index in [-0.39, 0.29) is 0 Å². The molecule has 0 aliphatic heterocycles. The number of nitrogens with zero attached hydrogens (tertiary/aromatic N) is 4. The van der Waals surface area contributed by atoms with Crippen LogP contribution in [0.15, 0.2) is 18.6 Å². The molecule has 2 rings (SSSR count). The molecule has 0 saturated carbocycles. The van der Waals surface area contributed by atoms with Gasteiger partial charge < -0.3 is 4.90 Å². The second-order valence-corrected chi connectivity index (χ2v) is 4.31. The van der Waals surface area contributed by atoms with Gasteiger partial charge in [0.2, 0.25) is 5.95 Å². The lowest BCUT2D eigenvalue weighted by atomic mass is 10.2. The molecule has 0 unspecified atom stereocenters. The van der Waals surface area contributed by atoms with E-state index in [9.17, 15) is 0 Å². The van der Waals surface area contributed by atoms with E-state index in [0.717, 1.165) is 16.4 Å². The number of hydrogen-bond acceptors (Lipinski definition) is 5. The molecule has 0 fully saturated rings. The summed E-state index contributed by atoms with van der Waals surface area (Å²) in [6, 6.07) is 0. The average Bonchev–Trinajstić information content (AvgIpc) is 2.65. The Balaban J connectivity index is 2.36. The van der Waals surface area contributed by atoms with Crippen LogP contribution in [-0.4, -0.2) is 28.4 Å².